The number of unbranched alkanes of at least 4 members (excludes halogenated alkanes) is 4. The molecule has 0 radical (unpaired) electrons. The molecule has 8 nitrogen and oxygen atoms in total. The summed E-state index contributed by atoms with van der Waals surface area (Å²) in [5.41, 5.74) is 0.581. The molecule has 0 aromatic heterocycles. The third kappa shape index (κ3) is 7.09. The Morgan fingerprint density at radius 1 is 0.935 bits per heavy atom. The van der Waals surface area contributed by atoms with Gasteiger partial charge in [-0.05, 0) is 36.2 Å². The van der Waals surface area contributed by atoms with Gasteiger partial charge in [-0.3, -0.25) is 10.1 Å². The van der Waals surface area contributed by atoms with Crippen LogP contribution in [0, 0.1) is 10.1 Å². The second-order valence-corrected chi connectivity index (χ2v) is 6.94. The minimum absolute atomic E-state index is 0.0708. The van der Waals surface area contributed by atoms with Gasteiger partial charge in [-0.1, -0.05) is 44.7 Å². The highest BCUT2D eigenvalue weighted by Gasteiger charge is 2.20. The van der Waals surface area contributed by atoms with E-state index in [0.29, 0.717) is 12.2 Å². The first-order valence-corrected chi connectivity index (χ1v) is 10.2. The number of benzene rings is 2. The quantitative estimate of drug-likeness (QED) is 0.200. The van der Waals surface area contributed by atoms with Crippen molar-refractivity contribution in [1.29, 1.82) is 0 Å². The lowest BCUT2D eigenvalue weighted by molar-refractivity contribution is -0.385. The molecule has 0 fully saturated rings. The van der Waals surface area contributed by atoms with Crippen molar-refractivity contribution in [3.63, 3.8) is 0 Å². The summed E-state index contributed by atoms with van der Waals surface area (Å²) < 4.78 is 15.6. The van der Waals surface area contributed by atoms with Gasteiger partial charge in [0.25, 0.3) is 0 Å². The topological polar surface area (TPSA) is 105 Å². The zero-order valence-corrected chi connectivity index (χ0v) is 17.8. The monoisotopic (exact) mass is 429 g/mol. The smallest absolute Gasteiger partial charge is 0.339 e. The number of carbonyl (C=O) groups is 2. The maximum Gasteiger partial charge on any atom is 0.339 e. The molecule has 0 spiro atoms. The van der Waals surface area contributed by atoms with Gasteiger partial charge in [-0.25, -0.2) is 9.59 Å². The van der Waals surface area contributed by atoms with Crippen LogP contribution in [0.25, 0.3) is 0 Å². The molecule has 2 aromatic rings. The summed E-state index contributed by atoms with van der Waals surface area (Å²) in [7, 11) is 1.32. The molecule has 31 heavy (non-hydrogen) atoms. The Morgan fingerprint density at radius 3 is 2.19 bits per heavy atom. The SMILES string of the molecule is CCCCCCCOC(=O)c1ccccc1C(=O)OCc1ccc([N+](=O)[O-])c(OC)c1. The number of hydrogen-bond acceptors (Lipinski definition) is 7. The van der Waals surface area contributed by atoms with Crippen molar-refractivity contribution in [2.75, 3.05) is 13.7 Å². The van der Waals surface area contributed by atoms with E-state index in [9.17, 15) is 19.7 Å². The molecular formula is C23H27NO7. The van der Waals surface area contributed by atoms with Crippen molar-refractivity contribution in [3.05, 3.63) is 69.3 Å². The Balaban J connectivity index is 1.98. The summed E-state index contributed by atoms with van der Waals surface area (Å²) in [6, 6.07) is 10.5. The fourth-order valence-corrected chi connectivity index (χ4v) is 2.98. The molecule has 8 heteroatoms. The average molecular weight is 429 g/mol. The van der Waals surface area contributed by atoms with Crippen molar-refractivity contribution >= 4 is 17.6 Å². The van der Waals surface area contributed by atoms with E-state index in [1.54, 1.807) is 12.1 Å². The molecule has 0 N–H and O–H groups in total. The van der Waals surface area contributed by atoms with E-state index in [4.69, 9.17) is 14.2 Å². The van der Waals surface area contributed by atoms with Crippen LogP contribution >= 0.6 is 0 Å². The molecule has 0 bridgehead atoms. The van der Waals surface area contributed by atoms with Gasteiger partial charge in [0.15, 0.2) is 5.75 Å². The zero-order chi connectivity index (χ0) is 22.6. The zero-order valence-electron chi connectivity index (χ0n) is 17.8. The van der Waals surface area contributed by atoms with Crippen LogP contribution in [0.5, 0.6) is 5.75 Å². The van der Waals surface area contributed by atoms with Gasteiger partial charge in [0.1, 0.15) is 6.61 Å². The molecule has 0 saturated heterocycles. The van der Waals surface area contributed by atoms with Gasteiger partial charge in [-0.15, -0.1) is 0 Å². The summed E-state index contributed by atoms with van der Waals surface area (Å²) in [6.07, 6.45) is 5.17. The molecule has 0 amide bonds. The predicted octanol–water partition coefficient (Wildman–Crippen LogP) is 5.09. The van der Waals surface area contributed by atoms with E-state index >= 15 is 0 Å². The van der Waals surface area contributed by atoms with Crippen molar-refractivity contribution in [2.24, 2.45) is 0 Å². The highest BCUT2D eigenvalue weighted by Crippen LogP contribution is 2.28. The third-order valence-corrected chi connectivity index (χ3v) is 4.66. The van der Waals surface area contributed by atoms with E-state index in [1.165, 1.54) is 37.4 Å². The second kappa shape index (κ2) is 12.3. The largest absolute Gasteiger partial charge is 0.490 e. The maximum absolute atomic E-state index is 12.6. The lowest BCUT2D eigenvalue weighted by atomic mass is 10.1. The number of hydrogen-bond donors (Lipinski definition) is 0. The van der Waals surface area contributed by atoms with Crippen LogP contribution in [0.4, 0.5) is 5.69 Å². The highest BCUT2D eigenvalue weighted by atomic mass is 16.6. The number of nitro groups is 1. The number of rotatable bonds is 12. The minimum Gasteiger partial charge on any atom is -0.490 e. The number of nitrogens with zero attached hydrogens (tertiary/aromatic N) is 1. The van der Waals surface area contributed by atoms with E-state index in [1.807, 2.05) is 0 Å². The Hall–Kier alpha value is -3.42. The van der Waals surface area contributed by atoms with Crippen molar-refractivity contribution in [3.8, 4) is 5.75 Å². The maximum atomic E-state index is 12.6. The number of methoxy groups -OCH3 is 1. The Morgan fingerprint density at radius 2 is 1.58 bits per heavy atom. The van der Waals surface area contributed by atoms with Gasteiger partial charge >= 0.3 is 17.6 Å². The van der Waals surface area contributed by atoms with Crippen molar-refractivity contribution < 1.29 is 28.7 Å². The van der Waals surface area contributed by atoms with Crippen LogP contribution in [0.2, 0.25) is 0 Å². The Bertz CT molecular complexity index is 911. The van der Waals surface area contributed by atoms with Crippen LogP contribution in [-0.2, 0) is 16.1 Å². The van der Waals surface area contributed by atoms with Gasteiger partial charge < -0.3 is 14.2 Å². The van der Waals surface area contributed by atoms with Crippen molar-refractivity contribution in [1.82, 2.24) is 0 Å². The first kappa shape index (κ1) is 23.9. The summed E-state index contributed by atoms with van der Waals surface area (Å²) in [5, 5.41) is 11.0. The average Bonchev–Trinajstić information content (AvgIpc) is 2.79. The van der Waals surface area contributed by atoms with Crippen LogP contribution < -0.4 is 4.74 Å². The Kier molecular flexibility index (Phi) is 9.48. The van der Waals surface area contributed by atoms with E-state index in [2.05, 4.69) is 6.92 Å². The number of ether oxygens (including phenoxy) is 3. The molecule has 0 aliphatic rings. The molecule has 0 aliphatic carbocycles. The predicted molar refractivity (Wildman–Crippen MR) is 114 cm³/mol. The normalized spacial score (nSPS) is 10.4. The standard InChI is InChI=1S/C23H27NO7/c1-3-4-5-6-9-14-30-22(25)18-10-7-8-11-19(18)23(26)31-16-17-12-13-20(24(27)28)21(15-17)29-2/h7-8,10-13,15H,3-6,9,14,16H2,1-2H3. The highest BCUT2D eigenvalue weighted by molar-refractivity contribution is 6.03. The minimum atomic E-state index is -0.687. The molecule has 0 unspecified atom stereocenters. The van der Waals surface area contributed by atoms with Crippen LogP contribution in [-0.4, -0.2) is 30.6 Å². The fraction of sp³-hybridized carbons (Fsp3) is 0.391. The molecule has 0 aliphatic heterocycles. The summed E-state index contributed by atoms with van der Waals surface area (Å²) in [4.78, 5) is 35.4. The first-order valence-electron chi connectivity index (χ1n) is 10.2. The van der Waals surface area contributed by atoms with Crippen molar-refractivity contribution in [2.45, 2.75) is 45.6 Å². The van der Waals surface area contributed by atoms with Crippen LogP contribution in [0.1, 0.15) is 65.3 Å². The second-order valence-electron chi connectivity index (χ2n) is 6.94. The van der Waals surface area contributed by atoms with Gasteiger partial charge in [0.05, 0.1) is 29.8 Å². The summed E-state index contributed by atoms with van der Waals surface area (Å²) in [5.74, 6) is -1.19. The van der Waals surface area contributed by atoms with E-state index in [0.717, 1.165) is 32.1 Å². The van der Waals surface area contributed by atoms with E-state index in [-0.39, 0.29) is 29.2 Å². The van der Waals surface area contributed by atoms with Gasteiger partial charge in [-0.2, -0.15) is 0 Å². The molecule has 2 aromatic carbocycles. The lowest BCUT2D eigenvalue weighted by Crippen LogP contribution is -2.14. The summed E-state index contributed by atoms with van der Waals surface area (Å²) in [6.45, 7) is 2.30. The molecule has 0 atom stereocenters. The molecule has 2 rings (SSSR count). The van der Waals surface area contributed by atoms with Gasteiger partial charge in [0.2, 0.25) is 0 Å². The molecule has 166 valence electrons. The van der Waals surface area contributed by atoms with Crippen LogP contribution in [0.15, 0.2) is 42.5 Å². The number of carbonyl (C=O) groups excluding carboxylic acids is 2. The lowest BCUT2D eigenvalue weighted by Gasteiger charge is -2.10. The first-order chi connectivity index (χ1) is 15.0. The molecule has 0 heterocycles. The number of esters is 2. The van der Waals surface area contributed by atoms with Crippen LogP contribution in [0.3, 0.4) is 0 Å². The molecular weight excluding hydrogens is 402 g/mol. The Labute approximate surface area is 181 Å². The van der Waals surface area contributed by atoms with Gasteiger partial charge in [0, 0.05) is 6.07 Å². The summed E-state index contributed by atoms with van der Waals surface area (Å²) >= 11 is 0. The molecule has 0 saturated carbocycles. The van der Waals surface area contributed by atoms with E-state index < -0.39 is 16.9 Å². The number of nitro benzene ring substituents is 1. The fourth-order valence-electron chi connectivity index (χ4n) is 2.98. The third-order valence-electron chi connectivity index (χ3n) is 4.66.